The number of nitrogens with zero attached hydrogens (tertiary/aromatic N) is 2. The van der Waals surface area contributed by atoms with Gasteiger partial charge in [-0.2, -0.15) is 0 Å². The molecule has 0 saturated carbocycles. The molecule has 0 spiro atoms. The maximum absolute atomic E-state index is 11.7. The quantitative estimate of drug-likeness (QED) is 0.570. The topological polar surface area (TPSA) is 121 Å². The molecule has 19 heavy (non-hydrogen) atoms. The summed E-state index contributed by atoms with van der Waals surface area (Å²) in [4.78, 5) is 34.7. The van der Waals surface area contributed by atoms with Crippen molar-refractivity contribution in [2.24, 2.45) is 5.73 Å². The smallest absolute Gasteiger partial charge is 0.360 e. The van der Waals surface area contributed by atoms with Crippen LogP contribution in [0.15, 0.2) is 0 Å². The molecule has 0 aromatic carbocycles. The monoisotopic (exact) mass is 287 g/mol. The highest BCUT2D eigenvalue weighted by Crippen LogP contribution is 2.24. The summed E-state index contributed by atoms with van der Waals surface area (Å²) in [7, 11) is 0. The fourth-order valence-electron chi connectivity index (χ4n) is 1.31. The lowest BCUT2D eigenvalue weighted by Crippen LogP contribution is -2.30. The largest absolute Gasteiger partial charge is 0.465 e. The predicted octanol–water partition coefficient (Wildman–Crippen LogP) is -0.153. The number of nitrogens with two attached hydrogens (primary N) is 1. The third-order valence-corrected chi connectivity index (χ3v) is 2.84. The average molecular weight is 287 g/mol. The summed E-state index contributed by atoms with van der Waals surface area (Å²) in [6, 6.07) is 0. The number of esters is 2. The van der Waals surface area contributed by atoms with E-state index in [0.29, 0.717) is 0 Å². The molecule has 0 fully saturated rings. The van der Waals surface area contributed by atoms with Crippen molar-refractivity contribution in [3.8, 4) is 0 Å². The van der Waals surface area contributed by atoms with E-state index in [1.165, 1.54) is 0 Å². The summed E-state index contributed by atoms with van der Waals surface area (Å²) in [5, 5.41) is 3.56. The standard InChI is InChI=1S/C10H13N3O5S/c1-3-17-9(15)5(8(11)14)7-6(12-13-19-7)10(16)18-4-2/h5H,3-4H2,1-2H3,(H2,11,14). The molecular formula is C10H13N3O5S. The Balaban J connectivity index is 3.11. The molecule has 8 nitrogen and oxygen atoms in total. The van der Waals surface area contributed by atoms with Crippen molar-refractivity contribution in [1.29, 1.82) is 0 Å². The van der Waals surface area contributed by atoms with Crippen LogP contribution in [0.1, 0.15) is 35.1 Å². The van der Waals surface area contributed by atoms with Crippen LogP contribution in [0.5, 0.6) is 0 Å². The second-order valence-electron chi connectivity index (χ2n) is 3.29. The Morgan fingerprint density at radius 1 is 1.26 bits per heavy atom. The minimum atomic E-state index is -1.40. The molecule has 1 rings (SSSR count). The number of hydrogen-bond acceptors (Lipinski definition) is 8. The first-order valence-corrected chi connectivity index (χ1v) is 6.25. The van der Waals surface area contributed by atoms with Crippen LogP contribution in [0.3, 0.4) is 0 Å². The van der Waals surface area contributed by atoms with E-state index < -0.39 is 23.8 Å². The van der Waals surface area contributed by atoms with Crippen LogP contribution >= 0.6 is 11.5 Å². The van der Waals surface area contributed by atoms with E-state index in [1.807, 2.05) is 0 Å². The number of rotatable bonds is 6. The number of carbonyl (C=O) groups excluding carboxylic acids is 3. The Bertz CT molecular complexity index is 487. The molecule has 1 heterocycles. The van der Waals surface area contributed by atoms with E-state index in [9.17, 15) is 14.4 Å². The average Bonchev–Trinajstić information content (AvgIpc) is 2.78. The van der Waals surface area contributed by atoms with Gasteiger partial charge in [-0.1, -0.05) is 4.49 Å². The first-order chi connectivity index (χ1) is 9.02. The zero-order valence-corrected chi connectivity index (χ0v) is 11.2. The van der Waals surface area contributed by atoms with E-state index in [1.54, 1.807) is 13.8 Å². The lowest BCUT2D eigenvalue weighted by Gasteiger charge is -2.10. The summed E-state index contributed by atoms with van der Waals surface area (Å²) in [6.45, 7) is 3.43. The van der Waals surface area contributed by atoms with Gasteiger partial charge in [0.05, 0.1) is 18.1 Å². The minimum Gasteiger partial charge on any atom is -0.465 e. The van der Waals surface area contributed by atoms with Gasteiger partial charge in [0, 0.05) is 0 Å². The first kappa shape index (κ1) is 15.0. The van der Waals surface area contributed by atoms with E-state index >= 15 is 0 Å². The van der Waals surface area contributed by atoms with Gasteiger partial charge in [0.1, 0.15) is 0 Å². The molecule has 0 saturated heterocycles. The van der Waals surface area contributed by atoms with Crippen molar-refractivity contribution >= 4 is 29.4 Å². The summed E-state index contributed by atoms with van der Waals surface area (Å²) < 4.78 is 13.0. The highest BCUT2D eigenvalue weighted by molar-refractivity contribution is 7.06. The molecule has 0 aliphatic heterocycles. The molecule has 1 amide bonds. The van der Waals surface area contributed by atoms with Crippen molar-refractivity contribution in [3.63, 3.8) is 0 Å². The Morgan fingerprint density at radius 3 is 2.42 bits per heavy atom. The summed E-state index contributed by atoms with van der Waals surface area (Å²) >= 11 is 0.731. The van der Waals surface area contributed by atoms with Gasteiger partial charge in [0.25, 0.3) is 0 Å². The van der Waals surface area contributed by atoms with E-state index in [0.717, 1.165) is 11.5 Å². The fourth-order valence-corrected chi connectivity index (χ4v) is 2.04. The highest BCUT2D eigenvalue weighted by Gasteiger charge is 2.35. The van der Waals surface area contributed by atoms with Crippen LogP contribution in [0.25, 0.3) is 0 Å². The second-order valence-corrected chi connectivity index (χ2v) is 4.08. The molecule has 2 N–H and O–H groups in total. The maximum Gasteiger partial charge on any atom is 0.360 e. The van der Waals surface area contributed by atoms with Crippen LogP contribution in [-0.2, 0) is 19.1 Å². The molecule has 1 unspecified atom stereocenters. The molecule has 1 aromatic rings. The molecule has 0 radical (unpaired) electrons. The van der Waals surface area contributed by atoms with Crippen LogP contribution < -0.4 is 5.73 Å². The van der Waals surface area contributed by atoms with Crippen LogP contribution in [0.2, 0.25) is 0 Å². The van der Waals surface area contributed by atoms with Crippen LogP contribution in [-0.4, -0.2) is 40.6 Å². The Hall–Kier alpha value is -2.03. The highest BCUT2D eigenvalue weighted by atomic mass is 32.1. The lowest BCUT2D eigenvalue weighted by atomic mass is 10.1. The molecule has 1 atom stereocenters. The SMILES string of the molecule is CCOC(=O)c1nnsc1C(C(N)=O)C(=O)OCC. The number of aromatic nitrogens is 2. The van der Waals surface area contributed by atoms with E-state index in [-0.39, 0.29) is 23.8 Å². The summed E-state index contributed by atoms with van der Waals surface area (Å²) in [6.07, 6.45) is 0. The molecular weight excluding hydrogens is 274 g/mol. The fraction of sp³-hybridized carbons (Fsp3) is 0.500. The minimum absolute atomic E-state index is 0.0319. The van der Waals surface area contributed by atoms with Gasteiger partial charge < -0.3 is 15.2 Å². The number of amides is 1. The van der Waals surface area contributed by atoms with Crippen molar-refractivity contribution in [3.05, 3.63) is 10.6 Å². The van der Waals surface area contributed by atoms with Gasteiger partial charge in [-0.15, -0.1) is 5.10 Å². The van der Waals surface area contributed by atoms with Crippen molar-refractivity contribution in [2.75, 3.05) is 13.2 Å². The molecule has 104 valence electrons. The van der Waals surface area contributed by atoms with Crippen LogP contribution in [0, 0.1) is 0 Å². The normalized spacial score (nSPS) is 11.7. The van der Waals surface area contributed by atoms with Gasteiger partial charge in [-0.3, -0.25) is 9.59 Å². The Kier molecular flexibility index (Phi) is 5.37. The van der Waals surface area contributed by atoms with Crippen molar-refractivity contribution in [2.45, 2.75) is 19.8 Å². The predicted molar refractivity (Wildman–Crippen MR) is 64.4 cm³/mol. The molecule has 0 aliphatic rings. The Morgan fingerprint density at radius 2 is 1.89 bits per heavy atom. The Labute approximate surface area is 113 Å². The summed E-state index contributed by atoms with van der Waals surface area (Å²) in [5.41, 5.74) is 4.97. The number of carbonyl (C=O) groups is 3. The third kappa shape index (κ3) is 3.47. The lowest BCUT2D eigenvalue weighted by molar-refractivity contribution is -0.147. The van der Waals surface area contributed by atoms with Crippen molar-refractivity contribution in [1.82, 2.24) is 9.59 Å². The van der Waals surface area contributed by atoms with Gasteiger partial charge in [0.15, 0.2) is 11.6 Å². The molecule has 9 heteroatoms. The van der Waals surface area contributed by atoms with Gasteiger partial charge >= 0.3 is 11.9 Å². The van der Waals surface area contributed by atoms with Gasteiger partial charge in [-0.05, 0) is 25.4 Å². The molecule has 1 aromatic heterocycles. The molecule has 0 bridgehead atoms. The second kappa shape index (κ2) is 6.78. The van der Waals surface area contributed by atoms with Crippen LogP contribution in [0.4, 0.5) is 0 Å². The van der Waals surface area contributed by atoms with Crippen molar-refractivity contribution < 1.29 is 23.9 Å². The number of ether oxygens (including phenoxy) is 2. The number of primary amides is 1. The van der Waals surface area contributed by atoms with Gasteiger partial charge in [0.2, 0.25) is 5.91 Å². The van der Waals surface area contributed by atoms with E-state index in [4.69, 9.17) is 15.2 Å². The zero-order chi connectivity index (χ0) is 14.4. The number of hydrogen-bond donors (Lipinski definition) is 1. The first-order valence-electron chi connectivity index (χ1n) is 5.48. The van der Waals surface area contributed by atoms with E-state index in [2.05, 4.69) is 9.59 Å². The molecule has 0 aliphatic carbocycles. The third-order valence-electron chi connectivity index (χ3n) is 2.05. The zero-order valence-electron chi connectivity index (χ0n) is 10.4. The maximum atomic E-state index is 11.7. The van der Waals surface area contributed by atoms with Gasteiger partial charge in [-0.25, -0.2) is 4.79 Å². The summed E-state index contributed by atoms with van der Waals surface area (Å²) in [5.74, 6) is -3.94.